The van der Waals surface area contributed by atoms with Gasteiger partial charge in [0, 0.05) is 5.69 Å². The number of rotatable bonds is 6. The van der Waals surface area contributed by atoms with Crippen molar-refractivity contribution in [3.05, 3.63) is 30.3 Å². The second-order valence-corrected chi connectivity index (χ2v) is 5.36. The molecule has 1 unspecified atom stereocenters. The number of carboxylic acid groups (broad SMARTS) is 1. The van der Waals surface area contributed by atoms with Crippen LogP contribution in [-0.2, 0) is 9.59 Å². The molecule has 0 spiro atoms. The van der Waals surface area contributed by atoms with Crippen molar-refractivity contribution in [2.45, 2.75) is 19.1 Å². The molecule has 0 aromatic heterocycles. The number of carbonyl (C=O) groups excluding carboxylic acids is 1. The zero-order chi connectivity index (χ0) is 13.5. The highest BCUT2D eigenvalue weighted by molar-refractivity contribution is 8.01. The standard InChI is InChI=1S/C13H17NO3S/c1-9(2)12(13(16)17)18-8-11(15)14-10-6-4-3-5-7-10/h3-7,9,12H,8H2,1-2H3,(H,14,15)(H,16,17). The number of benzene rings is 1. The molecule has 18 heavy (non-hydrogen) atoms. The molecule has 1 aromatic rings. The van der Waals surface area contributed by atoms with Gasteiger partial charge in [0.2, 0.25) is 5.91 Å². The first-order valence-corrected chi connectivity index (χ1v) is 6.75. The van der Waals surface area contributed by atoms with E-state index < -0.39 is 11.2 Å². The summed E-state index contributed by atoms with van der Waals surface area (Å²) in [5.74, 6) is -0.915. The summed E-state index contributed by atoms with van der Waals surface area (Å²) < 4.78 is 0. The van der Waals surface area contributed by atoms with Crippen molar-refractivity contribution in [1.82, 2.24) is 0 Å². The molecule has 5 heteroatoms. The van der Waals surface area contributed by atoms with Crippen LogP contribution in [0.3, 0.4) is 0 Å². The van der Waals surface area contributed by atoms with Gasteiger partial charge in [0.05, 0.1) is 5.75 Å². The molecule has 0 heterocycles. The number of nitrogens with one attached hydrogen (secondary N) is 1. The van der Waals surface area contributed by atoms with Crippen LogP contribution in [0.15, 0.2) is 30.3 Å². The van der Waals surface area contributed by atoms with Gasteiger partial charge in [-0.15, -0.1) is 11.8 Å². The minimum absolute atomic E-state index is 0.00275. The number of carboxylic acids is 1. The Bertz CT molecular complexity index is 406. The normalized spacial score (nSPS) is 12.2. The van der Waals surface area contributed by atoms with Crippen molar-refractivity contribution >= 4 is 29.3 Å². The summed E-state index contributed by atoms with van der Waals surface area (Å²) in [4.78, 5) is 22.6. The summed E-state index contributed by atoms with van der Waals surface area (Å²) >= 11 is 1.15. The van der Waals surface area contributed by atoms with Crippen LogP contribution in [0.2, 0.25) is 0 Å². The zero-order valence-corrected chi connectivity index (χ0v) is 11.2. The first kappa shape index (κ1) is 14.6. The van der Waals surface area contributed by atoms with Crippen molar-refractivity contribution in [3.8, 4) is 0 Å². The van der Waals surface area contributed by atoms with Gasteiger partial charge in [-0.25, -0.2) is 0 Å². The average molecular weight is 267 g/mol. The maximum Gasteiger partial charge on any atom is 0.316 e. The van der Waals surface area contributed by atoms with Crippen LogP contribution in [0.25, 0.3) is 0 Å². The monoisotopic (exact) mass is 267 g/mol. The average Bonchev–Trinajstić information content (AvgIpc) is 2.29. The Morgan fingerprint density at radius 1 is 1.28 bits per heavy atom. The van der Waals surface area contributed by atoms with E-state index >= 15 is 0 Å². The summed E-state index contributed by atoms with van der Waals surface area (Å²) in [6.45, 7) is 3.67. The Kier molecular flexibility index (Phi) is 5.71. The highest BCUT2D eigenvalue weighted by Crippen LogP contribution is 2.20. The van der Waals surface area contributed by atoms with E-state index in [1.165, 1.54) is 0 Å². The van der Waals surface area contributed by atoms with Gasteiger partial charge in [-0.3, -0.25) is 9.59 Å². The molecule has 1 atom stereocenters. The van der Waals surface area contributed by atoms with Crippen LogP contribution in [0.1, 0.15) is 13.8 Å². The molecule has 1 amide bonds. The molecule has 4 nitrogen and oxygen atoms in total. The van der Waals surface area contributed by atoms with E-state index in [0.717, 1.165) is 17.4 Å². The van der Waals surface area contributed by atoms with Gasteiger partial charge in [0.25, 0.3) is 0 Å². The summed E-state index contributed by atoms with van der Waals surface area (Å²) in [5.41, 5.74) is 0.722. The third kappa shape index (κ3) is 4.79. The summed E-state index contributed by atoms with van der Waals surface area (Å²) in [6.07, 6.45) is 0. The van der Waals surface area contributed by atoms with Gasteiger partial charge in [0.15, 0.2) is 0 Å². The molecular weight excluding hydrogens is 250 g/mol. The fourth-order valence-electron chi connectivity index (χ4n) is 1.43. The lowest BCUT2D eigenvalue weighted by molar-refractivity contribution is -0.137. The van der Waals surface area contributed by atoms with Gasteiger partial charge in [-0.1, -0.05) is 32.0 Å². The Balaban J connectivity index is 2.44. The molecule has 0 bridgehead atoms. The topological polar surface area (TPSA) is 66.4 Å². The maximum absolute atomic E-state index is 11.6. The van der Waals surface area contributed by atoms with Crippen molar-refractivity contribution in [2.75, 3.05) is 11.1 Å². The Morgan fingerprint density at radius 2 is 1.89 bits per heavy atom. The van der Waals surface area contributed by atoms with Gasteiger partial charge in [-0.05, 0) is 18.1 Å². The lowest BCUT2D eigenvalue weighted by Gasteiger charge is -2.15. The van der Waals surface area contributed by atoms with E-state index in [9.17, 15) is 9.59 Å². The lowest BCUT2D eigenvalue weighted by Crippen LogP contribution is -2.25. The van der Waals surface area contributed by atoms with Crippen LogP contribution in [-0.4, -0.2) is 28.0 Å². The second kappa shape index (κ2) is 7.06. The van der Waals surface area contributed by atoms with E-state index in [2.05, 4.69) is 5.32 Å². The molecule has 0 aliphatic heterocycles. The second-order valence-electron chi connectivity index (χ2n) is 4.23. The molecule has 0 radical (unpaired) electrons. The van der Waals surface area contributed by atoms with Gasteiger partial charge < -0.3 is 10.4 Å². The van der Waals surface area contributed by atoms with E-state index in [4.69, 9.17) is 5.11 Å². The van der Waals surface area contributed by atoms with E-state index in [1.54, 1.807) is 12.1 Å². The molecule has 0 fully saturated rings. The number of aliphatic carboxylic acids is 1. The number of thioether (sulfide) groups is 1. The number of amides is 1. The van der Waals surface area contributed by atoms with E-state index in [-0.39, 0.29) is 17.6 Å². The molecule has 2 N–H and O–H groups in total. The number of hydrogen-bond acceptors (Lipinski definition) is 3. The smallest absolute Gasteiger partial charge is 0.316 e. The third-order valence-electron chi connectivity index (χ3n) is 2.30. The van der Waals surface area contributed by atoms with Gasteiger partial charge in [0.1, 0.15) is 5.25 Å². The maximum atomic E-state index is 11.6. The van der Waals surface area contributed by atoms with Crippen molar-refractivity contribution < 1.29 is 14.7 Å². The summed E-state index contributed by atoms with van der Waals surface area (Å²) in [7, 11) is 0. The van der Waals surface area contributed by atoms with Crippen molar-refractivity contribution in [2.24, 2.45) is 5.92 Å². The first-order valence-electron chi connectivity index (χ1n) is 5.70. The predicted molar refractivity (Wildman–Crippen MR) is 73.8 cm³/mol. The Hall–Kier alpha value is -1.49. The highest BCUT2D eigenvalue weighted by Gasteiger charge is 2.22. The van der Waals surface area contributed by atoms with Crippen LogP contribution < -0.4 is 5.32 Å². The minimum atomic E-state index is -0.873. The van der Waals surface area contributed by atoms with Crippen LogP contribution >= 0.6 is 11.8 Å². The number of carbonyl (C=O) groups is 2. The largest absolute Gasteiger partial charge is 0.480 e. The summed E-state index contributed by atoms with van der Waals surface area (Å²) in [6, 6.07) is 9.11. The predicted octanol–water partition coefficient (Wildman–Crippen LogP) is 2.47. The quantitative estimate of drug-likeness (QED) is 0.831. The molecular formula is C13H17NO3S. The zero-order valence-electron chi connectivity index (χ0n) is 10.4. The molecule has 0 saturated heterocycles. The fourth-order valence-corrected chi connectivity index (χ4v) is 2.36. The molecule has 0 aliphatic carbocycles. The van der Waals surface area contributed by atoms with Gasteiger partial charge >= 0.3 is 5.97 Å². The molecule has 0 saturated carbocycles. The lowest BCUT2D eigenvalue weighted by atomic mass is 10.1. The minimum Gasteiger partial charge on any atom is -0.480 e. The number of hydrogen-bond donors (Lipinski definition) is 2. The van der Waals surface area contributed by atoms with E-state index in [0.29, 0.717) is 0 Å². The van der Waals surface area contributed by atoms with E-state index in [1.807, 2.05) is 32.0 Å². The van der Waals surface area contributed by atoms with Crippen LogP contribution in [0, 0.1) is 5.92 Å². The number of para-hydroxylation sites is 1. The third-order valence-corrected chi connectivity index (χ3v) is 3.83. The molecule has 1 aromatic carbocycles. The SMILES string of the molecule is CC(C)C(SCC(=O)Nc1ccccc1)C(=O)O. The first-order chi connectivity index (χ1) is 8.50. The van der Waals surface area contributed by atoms with Crippen molar-refractivity contribution in [1.29, 1.82) is 0 Å². The summed E-state index contributed by atoms with van der Waals surface area (Å²) in [5, 5.41) is 11.2. The van der Waals surface area contributed by atoms with Crippen LogP contribution in [0.4, 0.5) is 5.69 Å². The Morgan fingerprint density at radius 3 is 2.39 bits per heavy atom. The highest BCUT2D eigenvalue weighted by atomic mass is 32.2. The number of anilines is 1. The fraction of sp³-hybridized carbons (Fsp3) is 0.385. The molecule has 0 aliphatic rings. The molecule has 1 rings (SSSR count). The molecule has 98 valence electrons. The Labute approximate surface area is 111 Å². The van der Waals surface area contributed by atoms with Gasteiger partial charge in [-0.2, -0.15) is 0 Å². The van der Waals surface area contributed by atoms with Crippen LogP contribution in [0.5, 0.6) is 0 Å². The van der Waals surface area contributed by atoms with Crippen molar-refractivity contribution in [3.63, 3.8) is 0 Å².